The molecule has 0 radical (unpaired) electrons. The van der Waals surface area contributed by atoms with Crippen LogP contribution in [0.15, 0.2) is 39.7 Å². The minimum atomic E-state index is -3.57. The van der Waals surface area contributed by atoms with E-state index in [2.05, 4.69) is 28.0 Å². The van der Waals surface area contributed by atoms with Crippen LogP contribution in [0.5, 0.6) is 0 Å². The fraction of sp³-hybridized carbons (Fsp3) is 0.412. The highest BCUT2D eigenvalue weighted by Gasteiger charge is 2.33. The fourth-order valence-corrected chi connectivity index (χ4v) is 5.28. The van der Waals surface area contributed by atoms with E-state index in [1.807, 2.05) is 13.0 Å². The van der Waals surface area contributed by atoms with Crippen molar-refractivity contribution < 1.29 is 8.42 Å². The van der Waals surface area contributed by atoms with Crippen molar-refractivity contribution in [3.05, 3.63) is 46.2 Å². The van der Waals surface area contributed by atoms with Crippen LogP contribution >= 0.6 is 15.9 Å². The molecular weight excluding hydrogens is 390 g/mol. The van der Waals surface area contributed by atoms with Crippen LogP contribution in [0.4, 0.5) is 0 Å². The Labute approximate surface area is 151 Å². The van der Waals surface area contributed by atoms with Gasteiger partial charge in [0, 0.05) is 6.54 Å². The minimum Gasteiger partial charge on any atom is -0.266 e. The minimum absolute atomic E-state index is 0.225. The van der Waals surface area contributed by atoms with Gasteiger partial charge in [-0.25, -0.2) is 8.42 Å². The first-order valence-electron chi connectivity index (χ1n) is 7.92. The second kappa shape index (κ2) is 7.95. The number of hydrogen-bond acceptors (Lipinski definition) is 4. The molecule has 0 spiro atoms. The molecule has 0 saturated heterocycles. The van der Waals surface area contributed by atoms with Gasteiger partial charge in [-0.15, -0.1) is 0 Å². The highest BCUT2D eigenvalue weighted by molar-refractivity contribution is 9.10. The van der Waals surface area contributed by atoms with E-state index in [-0.39, 0.29) is 10.6 Å². The van der Waals surface area contributed by atoms with Gasteiger partial charge in [0.2, 0.25) is 0 Å². The van der Waals surface area contributed by atoms with Crippen LogP contribution in [0.1, 0.15) is 49.7 Å². The summed E-state index contributed by atoms with van der Waals surface area (Å²) >= 11 is 3.39. The smallest absolute Gasteiger partial charge is 0.186 e. The molecule has 0 aliphatic rings. The van der Waals surface area contributed by atoms with Gasteiger partial charge < -0.3 is 0 Å². The Bertz CT molecular complexity index is 839. The Morgan fingerprint density at radius 3 is 2.50 bits per heavy atom. The lowest BCUT2D eigenvalue weighted by atomic mass is 10.2. The number of unbranched alkanes of at least 4 members (excludes halogenated alkanes) is 1. The third-order valence-electron chi connectivity index (χ3n) is 3.88. The third-order valence-corrected chi connectivity index (χ3v) is 6.90. The van der Waals surface area contributed by atoms with E-state index < -0.39 is 15.1 Å². The summed E-state index contributed by atoms with van der Waals surface area (Å²) in [5.41, 5.74) is 0.786. The summed E-state index contributed by atoms with van der Waals surface area (Å²) in [7, 11) is -3.57. The molecule has 0 bridgehead atoms. The number of rotatable bonds is 7. The number of aromatic nitrogens is 2. The molecule has 0 aliphatic heterocycles. The van der Waals surface area contributed by atoms with E-state index in [1.165, 1.54) is 0 Å². The van der Waals surface area contributed by atoms with Crippen molar-refractivity contribution in [2.45, 2.75) is 49.8 Å². The molecule has 5 nitrogen and oxygen atoms in total. The molecule has 1 unspecified atom stereocenters. The number of sulfone groups is 1. The van der Waals surface area contributed by atoms with Gasteiger partial charge in [-0.1, -0.05) is 38.5 Å². The van der Waals surface area contributed by atoms with E-state index in [4.69, 9.17) is 0 Å². The first kappa shape index (κ1) is 18.7. The summed E-state index contributed by atoms with van der Waals surface area (Å²) in [5, 5.41) is 12.8. The van der Waals surface area contributed by atoms with Crippen LogP contribution in [-0.4, -0.2) is 18.2 Å². The summed E-state index contributed by atoms with van der Waals surface area (Å²) in [6, 6.07) is 10.4. The van der Waals surface area contributed by atoms with Gasteiger partial charge in [-0.2, -0.15) is 10.4 Å². The summed E-state index contributed by atoms with van der Waals surface area (Å²) < 4.78 is 28.3. The predicted molar refractivity (Wildman–Crippen MR) is 96.2 cm³/mol. The molecule has 0 amide bonds. The van der Waals surface area contributed by atoms with Crippen molar-refractivity contribution in [1.82, 2.24) is 9.78 Å². The lowest BCUT2D eigenvalue weighted by Gasteiger charge is -2.18. The van der Waals surface area contributed by atoms with E-state index in [0.717, 1.165) is 12.8 Å². The largest absolute Gasteiger partial charge is 0.266 e. The second-order valence-corrected chi connectivity index (χ2v) is 8.41. The van der Waals surface area contributed by atoms with Crippen molar-refractivity contribution in [3.8, 4) is 6.07 Å². The van der Waals surface area contributed by atoms with Gasteiger partial charge in [0.1, 0.15) is 11.3 Å². The molecule has 24 heavy (non-hydrogen) atoms. The van der Waals surface area contributed by atoms with Crippen molar-refractivity contribution in [1.29, 1.82) is 5.26 Å². The number of aryl methyl sites for hydroxylation is 1. The van der Waals surface area contributed by atoms with E-state index in [1.54, 1.807) is 35.0 Å². The van der Waals surface area contributed by atoms with Crippen molar-refractivity contribution >= 4 is 25.8 Å². The van der Waals surface area contributed by atoms with E-state index >= 15 is 0 Å². The SMILES string of the molecule is CCCCn1nc(C#N)c(Br)c1C(CC)S(=O)(=O)c1ccccc1. The molecule has 0 saturated carbocycles. The summed E-state index contributed by atoms with van der Waals surface area (Å²) in [4.78, 5) is 0.283. The Kier molecular flexibility index (Phi) is 6.19. The number of halogens is 1. The van der Waals surface area contributed by atoms with Crippen LogP contribution < -0.4 is 0 Å². The molecule has 128 valence electrons. The zero-order valence-electron chi connectivity index (χ0n) is 13.7. The number of hydrogen-bond donors (Lipinski definition) is 0. The van der Waals surface area contributed by atoms with E-state index in [0.29, 0.717) is 23.1 Å². The first-order chi connectivity index (χ1) is 11.5. The van der Waals surface area contributed by atoms with Gasteiger partial charge >= 0.3 is 0 Å². The average molecular weight is 410 g/mol. The lowest BCUT2D eigenvalue weighted by Crippen LogP contribution is -2.18. The topological polar surface area (TPSA) is 75.8 Å². The van der Waals surface area contributed by atoms with Crippen molar-refractivity contribution in [2.24, 2.45) is 0 Å². The Morgan fingerprint density at radius 2 is 1.96 bits per heavy atom. The predicted octanol–water partition coefficient (Wildman–Crippen LogP) is 4.24. The molecular formula is C17H20BrN3O2S. The molecule has 2 rings (SSSR count). The number of benzene rings is 1. The Hall–Kier alpha value is -1.65. The number of nitrogens with zero attached hydrogens (tertiary/aromatic N) is 3. The van der Waals surface area contributed by atoms with Gasteiger partial charge in [0.25, 0.3) is 0 Å². The maximum absolute atomic E-state index is 13.1. The summed E-state index contributed by atoms with van der Waals surface area (Å²) in [5.74, 6) is 0. The third kappa shape index (κ3) is 3.55. The monoisotopic (exact) mass is 409 g/mol. The number of nitriles is 1. The Balaban J connectivity index is 2.59. The average Bonchev–Trinajstić information content (AvgIpc) is 2.90. The molecule has 0 N–H and O–H groups in total. The van der Waals surface area contributed by atoms with Crippen LogP contribution in [0, 0.1) is 11.3 Å². The van der Waals surface area contributed by atoms with Crippen LogP contribution in [-0.2, 0) is 16.4 Å². The Morgan fingerprint density at radius 1 is 1.29 bits per heavy atom. The molecule has 0 aliphatic carbocycles. The first-order valence-corrected chi connectivity index (χ1v) is 10.3. The highest BCUT2D eigenvalue weighted by atomic mass is 79.9. The second-order valence-electron chi connectivity index (χ2n) is 5.49. The maximum atomic E-state index is 13.1. The standard InChI is InChI=1S/C17H20BrN3O2S/c1-3-5-11-21-17(16(18)14(12-19)20-21)15(4-2)24(22,23)13-9-7-6-8-10-13/h6-10,15H,3-5,11H2,1-2H3. The van der Waals surface area contributed by atoms with Gasteiger partial charge in [0.15, 0.2) is 15.5 Å². The molecule has 2 aromatic rings. The molecule has 0 fully saturated rings. The molecule has 1 heterocycles. The van der Waals surface area contributed by atoms with Gasteiger partial charge in [-0.3, -0.25) is 4.68 Å². The van der Waals surface area contributed by atoms with Gasteiger partial charge in [0.05, 0.1) is 15.1 Å². The molecule has 1 aromatic carbocycles. The normalized spacial score (nSPS) is 12.8. The van der Waals surface area contributed by atoms with Gasteiger partial charge in [-0.05, 0) is 40.9 Å². The van der Waals surface area contributed by atoms with E-state index in [9.17, 15) is 13.7 Å². The highest BCUT2D eigenvalue weighted by Crippen LogP contribution is 2.37. The lowest BCUT2D eigenvalue weighted by molar-refractivity contribution is 0.526. The molecule has 1 aromatic heterocycles. The van der Waals surface area contributed by atoms with Crippen LogP contribution in [0.2, 0.25) is 0 Å². The quantitative estimate of drug-likeness (QED) is 0.684. The zero-order valence-corrected chi connectivity index (χ0v) is 16.1. The summed E-state index contributed by atoms with van der Waals surface area (Å²) in [6.07, 6.45) is 2.23. The van der Waals surface area contributed by atoms with Crippen molar-refractivity contribution in [3.63, 3.8) is 0 Å². The summed E-state index contributed by atoms with van der Waals surface area (Å²) in [6.45, 7) is 4.48. The fourth-order valence-electron chi connectivity index (χ4n) is 2.64. The van der Waals surface area contributed by atoms with Crippen LogP contribution in [0.25, 0.3) is 0 Å². The zero-order chi connectivity index (χ0) is 17.7. The molecule has 1 atom stereocenters. The van der Waals surface area contributed by atoms with Crippen molar-refractivity contribution in [2.75, 3.05) is 0 Å². The molecule has 7 heteroatoms. The maximum Gasteiger partial charge on any atom is 0.186 e. The van der Waals surface area contributed by atoms with Crippen LogP contribution in [0.3, 0.4) is 0 Å².